The van der Waals surface area contributed by atoms with Crippen molar-refractivity contribution in [2.45, 2.75) is 19.4 Å². The molecule has 1 atom stereocenters. The Labute approximate surface area is 159 Å². The Morgan fingerprint density at radius 2 is 2.00 bits per heavy atom. The monoisotopic (exact) mass is 368 g/mol. The van der Waals surface area contributed by atoms with E-state index in [4.69, 9.17) is 9.47 Å². The summed E-state index contributed by atoms with van der Waals surface area (Å²) >= 11 is 0. The van der Waals surface area contributed by atoms with Gasteiger partial charge in [-0.05, 0) is 30.7 Å². The standard InChI is InChI=1S/C21H24N2O4/c1-15(16-6-4-3-5-7-16)21(25)23-10-11-27-19-9-8-18(12-17(19)13-23)22-20(24)14-26-2/h3-9,12,15H,10-11,13-14H2,1-2H3,(H,22,24). The SMILES string of the molecule is COCC(=O)Nc1ccc2c(c1)CN(C(=O)C(C)c1ccccc1)CCO2. The molecule has 1 aliphatic rings. The maximum Gasteiger partial charge on any atom is 0.250 e. The third-order valence-corrected chi connectivity index (χ3v) is 4.58. The molecule has 2 aromatic carbocycles. The molecular formula is C21H24N2O4. The number of benzene rings is 2. The molecule has 0 aromatic heterocycles. The number of carbonyl (C=O) groups excluding carboxylic acids is 2. The first-order valence-corrected chi connectivity index (χ1v) is 8.96. The van der Waals surface area contributed by atoms with Crippen LogP contribution in [0.4, 0.5) is 5.69 Å². The van der Waals surface area contributed by atoms with Crippen molar-refractivity contribution in [3.05, 3.63) is 59.7 Å². The highest BCUT2D eigenvalue weighted by Crippen LogP contribution is 2.28. The van der Waals surface area contributed by atoms with Crippen LogP contribution in [0.5, 0.6) is 5.75 Å². The number of nitrogens with zero attached hydrogens (tertiary/aromatic N) is 1. The minimum absolute atomic E-state index is 0.00716. The predicted octanol–water partition coefficient (Wildman–Crippen LogP) is 2.80. The van der Waals surface area contributed by atoms with Gasteiger partial charge in [0.2, 0.25) is 11.8 Å². The second-order valence-electron chi connectivity index (χ2n) is 6.54. The second-order valence-corrected chi connectivity index (χ2v) is 6.54. The van der Waals surface area contributed by atoms with E-state index in [2.05, 4.69) is 5.32 Å². The lowest BCUT2D eigenvalue weighted by Gasteiger charge is -2.24. The topological polar surface area (TPSA) is 67.9 Å². The van der Waals surface area contributed by atoms with E-state index in [-0.39, 0.29) is 24.3 Å². The van der Waals surface area contributed by atoms with E-state index < -0.39 is 0 Å². The number of hydrogen-bond donors (Lipinski definition) is 1. The molecule has 2 aromatic rings. The number of amides is 2. The molecule has 27 heavy (non-hydrogen) atoms. The number of carbonyl (C=O) groups is 2. The van der Waals surface area contributed by atoms with Crippen molar-refractivity contribution in [1.29, 1.82) is 0 Å². The van der Waals surface area contributed by atoms with Crippen LogP contribution in [0.1, 0.15) is 24.0 Å². The number of hydrogen-bond acceptors (Lipinski definition) is 4. The van der Waals surface area contributed by atoms with E-state index in [0.717, 1.165) is 16.9 Å². The highest BCUT2D eigenvalue weighted by atomic mass is 16.5. The number of rotatable bonds is 5. The molecule has 142 valence electrons. The van der Waals surface area contributed by atoms with Crippen LogP contribution in [0, 0.1) is 0 Å². The van der Waals surface area contributed by atoms with Crippen LogP contribution in [-0.4, -0.2) is 43.6 Å². The summed E-state index contributed by atoms with van der Waals surface area (Å²) in [5, 5.41) is 2.78. The van der Waals surface area contributed by atoms with Gasteiger partial charge in [-0.1, -0.05) is 30.3 Å². The van der Waals surface area contributed by atoms with Crippen LogP contribution in [-0.2, 0) is 20.9 Å². The Bertz CT molecular complexity index is 807. The van der Waals surface area contributed by atoms with E-state index in [1.54, 1.807) is 6.07 Å². The highest BCUT2D eigenvalue weighted by molar-refractivity contribution is 5.92. The van der Waals surface area contributed by atoms with Gasteiger partial charge >= 0.3 is 0 Å². The van der Waals surface area contributed by atoms with E-state index in [1.165, 1.54) is 7.11 Å². The summed E-state index contributed by atoms with van der Waals surface area (Å²) in [6, 6.07) is 15.2. The van der Waals surface area contributed by atoms with Gasteiger partial charge < -0.3 is 19.7 Å². The van der Waals surface area contributed by atoms with Gasteiger partial charge in [0.05, 0.1) is 12.5 Å². The number of nitrogens with one attached hydrogen (secondary N) is 1. The lowest BCUT2D eigenvalue weighted by molar-refractivity contribution is -0.133. The van der Waals surface area contributed by atoms with Gasteiger partial charge in [-0.25, -0.2) is 0 Å². The van der Waals surface area contributed by atoms with Crippen molar-refractivity contribution in [1.82, 2.24) is 4.90 Å². The zero-order valence-corrected chi connectivity index (χ0v) is 15.6. The second kappa shape index (κ2) is 8.68. The quantitative estimate of drug-likeness (QED) is 0.881. The van der Waals surface area contributed by atoms with Crippen molar-refractivity contribution in [3.63, 3.8) is 0 Å². The van der Waals surface area contributed by atoms with Crippen molar-refractivity contribution in [3.8, 4) is 5.75 Å². The molecule has 6 nitrogen and oxygen atoms in total. The zero-order valence-electron chi connectivity index (χ0n) is 15.6. The highest BCUT2D eigenvalue weighted by Gasteiger charge is 2.25. The first-order chi connectivity index (χ1) is 13.1. The molecule has 3 rings (SSSR count). The molecule has 2 amide bonds. The van der Waals surface area contributed by atoms with Crippen molar-refractivity contribution < 1.29 is 19.1 Å². The summed E-state index contributed by atoms with van der Waals surface area (Å²) < 4.78 is 10.6. The molecule has 0 radical (unpaired) electrons. The summed E-state index contributed by atoms with van der Waals surface area (Å²) in [5.41, 5.74) is 2.52. The molecule has 0 bridgehead atoms. The van der Waals surface area contributed by atoms with Gasteiger partial charge in [-0.3, -0.25) is 9.59 Å². The number of fused-ring (bicyclic) bond motifs is 1. The van der Waals surface area contributed by atoms with Gasteiger partial charge in [0, 0.05) is 24.9 Å². The average Bonchev–Trinajstić information content (AvgIpc) is 2.89. The average molecular weight is 368 g/mol. The Kier molecular flexibility index (Phi) is 6.08. The van der Waals surface area contributed by atoms with Crippen molar-refractivity contribution in [2.24, 2.45) is 0 Å². The fraction of sp³-hybridized carbons (Fsp3) is 0.333. The molecule has 0 aliphatic carbocycles. The van der Waals surface area contributed by atoms with Gasteiger partial charge in [-0.15, -0.1) is 0 Å². The van der Waals surface area contributed by atoms with Gasteiger partial charge in [0.25, 0.3) is 0 Å². The maximum atomic E-state index is 13.0. The summed E-state index contributed by atoms with van der Waals surface area (Å²) in [5.74, 6) is 0.351. The molecule has 0 saturated heterocycles. The third-order valence-electron chi connectivity index (χ3n) is 4.58. The van der Waals surface area contributed by atoms with Gasteiger partial charge in [0.15, 0.2) is 0 Å². The van der Waals surface area contributed by atoms with E-state index >= 15 is 0 Å². The zero-order chi connectivity index (χ0) is 19.2. The molecule has 1 heterocycles. The number of ether oxygens (including phenoxy) is 2. The lowest BCUT2D eigenvalue weighted by Crippen LogP contribution is -2.35. The number of anilines is 1. The molecule has 0 fully saturated rings. The fourth-order valence-electron chi connectivity index (χ4n) is 3.15. The molecule has 6 heteroatoms. The first kappa shape index (κ1) is 18.9. The summed E-state index contributed by atoms with van der Waals surface area (Å²) in [6.07, 6.45) is 0. The molecular weight excluding hydrogens is 344 g/mol. The molecule has 1 unspecified atom stereocenters. The minimum Gasteiger partial charge on any atom is -0.491 e. The van der Waals surface area contributed by atoms with Crippen LogP contribution >= 0.6 is 0 Å². The predicted molar refractivity (Wildman–Crippen MR) is 103 cm³/mol. The number of methoxy groups -OCH3 is 1. The van der Waals surface area contributed by atoms with Crippen LogP contribution in [0.3, 0.4) is 0 Å². The largest absolute Gasteiger partial charge is 0.491 e. The third kappa shape index (κ3) is 4.65. The molecule has 1 aliphatic heterocycles. The fourth-order valence-corrected chi connectivity index (χ4v) is 3.15. The van der Waals surface area contributed by atoms with Crippen LogP contribution in [0.2, 0.25) is 0 Å². The van der Waals surface area contributed by atoms with Crippen LogP contribution in [0.15, 0.2) is 48.5 Å². The van der Waals surface area contributed by atoms with Gasteiger partial charge in [-0.2, -0.15) is 0 Å². The van der Waals surface area contributed by atoms with Crippen LogP contribution in [0.25, 0.3) is 0 Å². The van der Waals surface area contributed by atoms with Crippen molar-refractivity contribution in [2.75, 3.05) is 32.2 Å². The summed E-state index contributed by atoms with van der Waals surface area (Å²) in [6.45, 7) is 3.32. The summed E-state index contributed by atoms with van der Waals surface area (Å²) in [4.78, 5) is 26.5. The van der Waals surface area contributed by atoms with Gasteiger partial charge in [0.1, 0.15) is 19.0 Å². The Hall–Kier alpha value is -2.86. The molecule has 0 spiro atoms. The first-order valence-electron chi connectivity index (χ1n) is 8.96. The smallest absolute Gasteiger partial charge is 0.250 e. The molecule has 0 saturated carbocycles. The normalized spacial score (nSPS) is 14.5. The minimum atomic E-state index is -0.225. The molecule has 1 N–H and O–H groups in total. The maximum absolute atomic E-state index is 13.0. The lowest BCUT2D eigenvalue weighted by atomic mass is 9.99. The Balaban J connectivity index is 1.76. The van der Waals surface area contributed by atoms with Crippen LogP contribution < -0.4 is 10.1 Å². The Morgan fingerprint density at radius 1 is 1.22 bits per heavy atom. The summed E-state index contributed by atoms with van der Waals surface area (Å²) in [7, 11) is 1.47. The van der Waals surface area contributed by atoms with E-state index in [0.29, 0.717) is 25.4 Å². The van der Waals surface area contributed by atoms with E-state index in [1.807, 2.05) is 54.3 Å². The van der Waals surface area contributed by atoms with Crippen molar-refractivity contribution >= 4 is 17.5 Å². The van der Waals surface area contributed by atoms with E-state index in [9.17, 15) is 9.59 Å². The Morgan fingerprint density at radius 3 is 2.74 bits per heavy atom.